The molecule has 3 aliphatic heterocycles. The second-order valence-electron chi connectivity index (χ2n) is 11.0. The van der Waals surface area contributed by atoms with Crippen molar-refractivity contribution < 1.29 is 9.59 Å². The van der Waals surface area contributed by atoms with Gasteiger partial charge in [0.25, 0.3) is 11.5 Å². The molecule has 0 spiro atoms. The zero-order valence-corrected chi connectivity index (χ0v) is 22.4. The van der Waals surface area contributed by atoms with E-state index in [1.165, 1.54) is 5.56 Å². The summed E-state index contributed by atoms with van der Waals surface area (Å²) in [5, 5.41) is 5.98. The molecule has 2 bridgehead atoms. The molecule has 39 heavy (non-hydrogen) atoms. The fraction of sp³-hybridized carbons (Fsp3) is 0.387. The fourth-order valence-electron chi connectivity index (χ4n) is 6.35. The van der Waals surface area contributed by atoms with Gasteiger partial charge in [0.2, 0.25) is 0 Å². The number of piperidine rings is 1. The third-order valence-corrected chi connectivity index (χ3v) is 8.33. The predicted molar refractivity (Wildman–Crippen MR) is 154 cm³/mol. The summed E-state index contributed by atoms with van der Waals surface area (Å²) in [6.07, 6.45) is 4.03. The highest BCUT2D eigenvalue weighted by molar-refractivity contribution is 6.04. The number of likely N-dealkylation sites (tertiary alicyclic amines) is 1. The summed E-state index contributed by atoms with van der Waals surface area (Å²) in [5.41, 5.74) is 5.15. The minimum Gasteiger partial charge on any atom is -0.369 e. The Hall–Kier alpha value is -4.07. The van der Waals surface area contributed by atoms with Gasteiger partial charge in [-0.25, -0.2) is 4.79 Å². The Bertz CT molecular complexity index is 1440. The summed E-state index contributed by atoms with van der Waals surface area (Å²) >= 11 is 0. The van der Waals surface area contributed by atoms with Gasteiger partial charge in [-0.3, -0.25) is 9.59 Å². The van der Waals surface area contributed by atoms with E-state index < -0.39 is 0 Å². The lowest BCUT2D eigenvalue weighted by Crippen LogP contribution is -2.47. The number of amides is 3. The smallest absolute Gasteiger partial charge is 0.323 e. The maximum Gasteiger partial charge on any atom is 0.323 e. The third kappa shape index (κ3) is 5.15. The molecule has 0 saturated carbocycles. The monoisotopic (exact) mass is 525 g/mol. The second-order valence-corrected chi connectivity index (χ2v) is 11.0. The van der Waals surface area contributed by atoms with Crippen molar-refractivity contribution in [2.24, 2.45) is 5.92 Å². The number of aromatic nitrogens is 1. The Morgan fingerprint density at radius 2 is 1.72 bits per heavy atom. The number of aryl methyl sites for hydroxylation is 1. The summed E-state index contributed by atoms with van der Waals surface area (Å²) in [6.45, 7) is 5.86. The van der Waals surface area contributed by atoms with E-state index in [1.54, 1.807) is 6.07 Å². The molecular formula is C31H35N5O3. The maximum absolute atomic E-state index is 13.2. The molecule has 6 rings (SSSR count). The molecule has 3 amide bonds. The van der Waals surface area contributed by atoms with Gasteiger partial charge in [0, 0.05) is 61.7 Å². The van der Waals surface area contributed by atoms with Crippen LogP contribution in [0.2, 0.25) is 0 Å². The normalized spacial score (nSPS) is 19.9. The van der Waals surface area contributed by atoms with Crippen LogP contribution >= 0.6 is 0 Å². The van der Waals surface area contributed by atoms with Crippen LogP contribution in [0, 0.1) is 5.92 Å². The molecule has 2 unspecified atom stereocenters. The second kappa shape index (κ2) is 10.6. The van der Waals surface area contributed by atoms with E-state index in [4.69, 9.17) is 0 Å². The summed E-state index contributed by atoms with van der Waals surface area (Å²) in [6, 6.07) is 18.7. The quantitative estimate of drug-likeness (QED) is 0.495. The number of fused-ring (bicyclic) bond motifs is 4. The summed E-state index contributed by atoms with van der Waals surface area (Å²) in [5.74, 6) is 0.568. The van der Waals surface area contributed by atoms with Gasteiger partial charge < -0.3 is 25.0 Å². The zero-order chi connectivity index (χ0) is 26.9. The van der Waals surface area contributed by atoms with Gasteiger partial charge in [-0.05, 0) is 73.6 Å². The van der Waals surface area contributed by atoms with E-state index in [0.29, 0.717) is 29.4 Å². The van der Waals surface area contributed by atoms with Gasteiger partial charge in [0.15, 0.2) is 0 Å². The first-order valence-corrected chi connectivity index (χ1v) is 14.0. The molecule has 0 radical (unpaired) electrons. The van der Waals surface area contributed by atoms with Crippen LogP contribution in [0.4, 0.5) is 21.9 Å². The predicted octanol–water partition coefficient (Wildman–Crippen LogP) is 4.91. The third-order valence-electron chi connectivity index (χ3n) is 8.33. The van der Waals surface area contributed by atoms with Gasteiger partial charge in [-0.15, -0.1) is 0 Å². The Kier molecular flexibility index (Phi) is 6.85. The van der Waals surface area contributed by atoms with Crippen LogP contribution < -0.4 is 21.1 Å². The number of hydrogen-bond acceptors (Lipinski definition) is 4. The maximum atomic E-state index is 13.2. The Morgan fingerprint density at radius 1 is 0.923 bits per heavy atom. The van der Waals surface area contributed by atoms with Crippen LogP contribution in [0.3, 0.4) is 0 Å². The van der Waals surface area contributed by atoms with Crippen molar-refractivity contribution in [2.75, 3.05) is 41.7 Å². The van der Waals surface area contributed by atoms with Crippen molar-refractivity contribution in [3.63, 3.8) is 0 Å². The number of nitrogens with zero attached hydrogens (tertiary/aromatic N) is 3. The number of urea groups is 1. The van der Waals surface area contributed by atoms with Gasteiger partial charge in [-0.1, -0.05) is 25.1 Å². The molecular weight excluding hydrogens is 490 g/mol. The van der Waals surface area contributed by atoms with Crippen LogP contribution in [-0.4, -0.2) is 47.6 Å². The Morgan fingerprint density at radius 3 is 2.49 bits per heavy atom. The van der Waals surface area contributed by atoms with E-state index in [1.807, 2.05) is 58.0 Å². The lowest BCUT2D eigenvalue weighted by atomic mass is 9.83. The number of hydrogen-bond donors (Lipinski definition) is 2. The lowest BCUT2D eigenvalue weighted by Gasteiger charge is -2.44. The topological polar surface area (TPSA) is 86.7 Å². The van der Waals surface area contributed by atoms with Crippen LogP contribution in [-0.2, 0) is 13.0 Å². The van der Waals surface area contributed by atoms with Crippen LogP contribution in [0.25, 0.3) is 0 Å². The zero-order valence-electron chi connectivity index (χ0n) is 22.4. The molecule has 1 aromatic heterocycles. The first-order valence-electron chi connectivity index (χ1n) is 14.0. The highest BCUT2D eigenvalue weighted by Gasteiger charge is 2.35. The SMILES string of the molecule is CCc1ccc(NC(=O)Nc2cc(C(=O)N3CCCC3)ccc2N2CC3CC(C2)c2cccc(=O)n2C3)cc1. The number of nitrogens with one attached hydrogen (secondary N) is 2. The van der Waals surface area contributed by atoms with Gasteiger partial charge in [-0.2, -0.15) is 0 Å². The largest absolute Gasteiger partial charge is 0.369 e. The summed E-state index contributed by atoms with van der Waals surface area (Å²) < 4.78 is 1.92. The summed E-state index contributed by atoms with van der Waals surface area (Å²) in [7, 11) is 0. The van der Waals surface area contributed by atoms with Gasteiger partial charge >= 0.3 is 6.03 Å². The van der Waals surface area contributed by atoms with E-state index >= 15 is 0 Å². The van der Waals surface area contributed by atoms with Gasteiger partial charge in [0.1, 0.15) is 0 Å². The molecule has 2 atom stereocenters. The molecule has 0 aliphatic carbocycles. The highest BCUT2D eigenvalue weighted by Crippen LogP contribution is 2.39. The van der Waals surface area contributed by atoms with Crippen molar-refractivity contribution in [3.05, 3.63) is 87.8 Å². The molecule has 2 aromatic carbocycles. The van der Waals surface area contributed by atoms with Crippen molar-refractivity contribution in [2.45, 2.75) is 45.1 Å². The van der Waals surface area contributed by atoms with Crippen LogP contribution in [0.5, 0.6) is 0 Å². The summed E-state index contributed by atoms with van der Waals surface area (Å²) in [4.78, 5) is 43.0. The van der Waals surface area contributed by atoms with Crippen molar-refractivity contribution in [1.29, 1.82) is 0 Å². The molecule has 4 heterocycles. The van der Waals surface area contributed by atoms with E-state index in [-0.39, 0.29) is 23.4 Å². The molecule has 2 saturated heterocycles. The number of rotatable bonds is 5. The molecule has 2 N–H and O–H groups in total. The first kappa shape index (κ1) is 25.2. The fourth-order valence-corrected chi connectivity index (χ4v) is 6.35. The first-order chi connectivity index (χ1) is 19.0. The van der Waals surface area contributed by atoms with Crippen LogP contribution in [0.15, 0.2) is 65.5 Å². The standard InChI is InChI=1S/C31H35N5O3/c1-2-21-8-11-25(12-9-21)32-31(39)33-26-17-23(30(38)34-14-3-4-15-34)10-13-28(26)35-18-22-16-24(20-35)27-6-5-7-29(37)36(27)19-22/h5-13,17,22,24H,2-4,14-16,18-20H2,1H3,(H2,32,33,39). The minimum atomic E-state index is -0.347. The van der Waals surface area contributed by atoms with E-state index in [9.17, 15) is 14.4 Å². The average molecular weight is 526 g/mol. The van der Waals surface area contributed by atoms with Gasteiger partial charge in [0.05, 0.1) is 11.4 Å². The lowest BCUT2D eigenvalue weighted by molar-refractivity contribution is 0.0793. The van der Waals surface area contributed by atoms with Crippen LogP contribution in [0.1, 0.15) is 53.7 Å². The van der Waals surface area contributed by atoms with E-state index in [0.717, 1.165) is 63.2 Å². The number of carbonyl (C=O) groups excluding carboxylic acids is 2. The molecule has 3 aliphatic rings. The molecule has 2 fully saturated rings. The molecule has 202 valence electrons. The number of pyridine rings is 1. The average Bonchev–Trinajstić information content (AvgIpc) is 3.49. The molecule has 8 nitrogen and oxygen atoms in total. The number of benzene rings is 2. The highest BCUT2D eigenvalue weighted by atomic mass is 16.2. The molecule has 3 aromatic rings. The van der Waals surface area contributed by atoms with E-state index in [2.05, 4.69) is 28.5 Å². The Balaban J connectivity index is 1.28. The molecule has 8 heteroatoms. The number of anilines is 3. The van der Waals surface area contributed by atoms with Crippen molar-refractivity contribution >= 4 is 29.0 Å². The minimum absolute atomic E-state index is 0.00137. The van der Waals surface area contributed by atoms with Crippen molar-refractivity contribution in [1.82, 2.24) is 9.47 Å². The van der Waals surface area contributed by atoms with Crippen molar-refractivity contribution in [3.8, 4) is 0 Å². The number of carbonyl (C=O) groups is 2. The Labute approximate surface area is 228 Å².